The van der Waals surface area contributed by atoms with Crippen LogP contribution in [0.4, 0.5) is 26.3 Å². The van der Waals surface area contributed by atoms with Crippen molar-refractivity contribution in [3.63, 3.8) is 0 Å². The number of nitrogens with zero attached hydrogens (tertiary/aromatic N) is 4. The van der Waals surface area contributed by atoms with Crippen LogP contribution in [0, 0.1) is 17.6 Å². The Balaban J connectivity index is 1.36. The van der Waals surface area contributed by atoms with Crippen LogP contribution < -0.4 is 0 Å². The van der Waals surface area contributed by atoms with Crippen molar-refractivity contribution < 1.29 is 39.6 Å². The predicted molar refractivity (Wildman–Crippen MR) is 124 cm³/mol. The van der Waals surface area contributed by atoms with Crippen LogP contribution in [0.1, 0.15) is 30.7 Å². The topological polar surface area (TPSA) is 93.1 Å². The zero-order chi connectivity index (χ0) is 28.1. The molecule has 1 aromatic carbocycles. The van der Waals surface area contributed by atoms with E-state index >= 15 is 0 Å². The molecule has 1 saturated heterocycles. The number of pyridine rings is 1. The number of hydrogen-bond donors (Lipinski definition) is 0. The molecule has 0 radical (unpaired) electrons. The Morgan fingerprint density at radius 1 is 1.00 bits per heavy atom. The summed E-state index contributed by atoms with van der Waals surface area (Å²) in [7, 11) is -4.25. The second-order valence-corrected chi connectivity index (χ2v) is 11.3. The minimum atomic E-state index is -4.74. The lowest BCUT2D eigenvalue weighted by atomic mass is 9.92. The van der Waals surface area contributed by atoms with E-state index in [0.717, 1.165) is 47.2 Å². The van der Waals surface area contributed by atoms with Crippen molar-refractivity contribution in [3.8, 4) is 11.3 Å². The predicted octanol–water partition coefficient (Wildman–Crippen LogP) is 4.53. The van der Waals surface area contributed by atoms with Crippen molar-refractivity contribution in [2.45, 2.75) is 55.0 Å². The number of rotatable bonds is 7. The summed E-state index contributed by atoms with van der Waals surface area (Å²) in [4.78, 5) is 23.4. The van der Waals surface area contributed by atoms with Crippen LogP contribution in [0.2, 0.25) is 0 Å². The average Bonchev–Trinajstić information content (AvgIpc) is 3.45. The summed E-state index contributed by atoms with van der Waals surface area (Å²) in [5.41, 5.74) is 0.151. The summed E-state index contributed by atoms with van der Waals surface area (Å²) in [6, 6.07) is 3.29. The smallest absolute Gasteiger partial charge is 0.298 e. The second-order valence-electron chi connectivity index (χ2n) is 9.46. The summed E-state index contributed by atoms with van der Waals surface area (Å²) in [5.74, 6) is -4.25. The molecule has 1 saturated carbocycles. The first-order chi connectivity index (χ1) is 18.4. The molecular weight excluding hydrogens is 550 g/mol. The lowest BCUT2D eigenvalue weighted by molar-refractivity contribution is -0.145. The van der Waals surface area contributed by atoms with E-state index in [-0.39, 0.29) is 47.4 Å². The first-order valence-corrected chi connectivity index (χ1v) is 13.3. The molecule has 4 unspecified atom stereocenters. The number of alkyl halides is 4. The number of sulfonamides is 1. The number of aromatic nitrogens is 3. The molecular formula is C25H20F6N4O3S. The Morgan fingerprint density at radius 2 is 1.67 bits per heavy atom. The van der Waals surface area contributed by atoms with Crippen LogP contribution in [-0.2, 0) is 27.4 Å². The van der Waals surface area contributed by atoms with Crippen molar-refractivity contribution in [2.24, 2.45) is 5.92 Å². The van der Waals surface area contributed by atoms with Crippen LogP contribution in [0.25, 0.3) is 11.3 Å². The first kappa shape index (κ1) is 27.2. The van der Waals surface area contributed by atoms with Gasteiger partial charge in [-0.25, -0.2) is 31.6 Å². The van der Waals surface area contributed by atoms with Gasteiger partial charge in [-0.2, -0.15) is 17.5 Å². The highest BCUT2D eigenvalue weighted by atomic mass is 32.2. The van der Waals surface area contributed by atoms with Crippen LogP contribution in [0.3, 0.4) is 0 Å². The van der Waals surface area contributed by atoms with Gasteiger partial charge in [-0.1, -0.05) is 0 Å². The Labute approximate surface area is 219 Å². The molecule has 0 amide bonds. The van der Waals surface area contributed by atoms with E-state index in [1.807, 2.05) is 0 Å². The van der Waals surface area contributed by atoms with E-state index in [1.165, 1.54) is 6.07 Å². The van der Waals surface area contributed by atoms with Crippen molar-refractivity contribution in [3.05, 3.63) is 71.9 Å². The van der Waals surface area contributed by atoms with E-state index in [1.54, 1.807) is 0 Å². The molecule has 14 heteroatoms. The second kappa shape index (κ2) is 9.97. The maximum atomic E-state index is 14.6. The highest BCUT2D eigenvalue weighted by molar-refractivity contribution is 7.89. The highest BCUT2D eigenvalue weighted by Crippen LogP contribution is 2.47. The third-order valence-electron chi connectivity index (χ3n) is 7.04. The molecule has 2 fully saturated rings. The van der Waals surface area contributed by atoms with Crippen LogP contribution in [0.15, 0.2) is 53.8 Å². The molecule has 3 heterocycles. The zero-order valence-electron chi connectivity index (χ0n) is 19.9. The van der Waals surface area contributed by atoms with Crippen molar-refractivity contribution in [1.82, 2.24) is 19.3 Å². The molecule has 1 aliphatic heterocycles. The minimum Gasteiger partial charge on any atom is -0.298 e. The monoisotopic (exact) mass is 570 g/mol. The number of fused-ring (bicyclic) bond motifs is 2. The largest absolute Gasteiger partial charge is 0.451 e. The van der Waals surface area contributed by atoms with E-state index in [9.17, 15) is 39.6 Å². The molecule has 3 aromatic rings. The van der Waals surface area contributed by atoms with Gasteiger partial charge in [0.2, 0.25) is 15.8 Å². The van der Waals surface area contributed by atoms with Gasteiger partial charge in [0.25, 0.3) is 0 Å². The third-order valence-corrected chi connectivity index (χ3v) is 8.99. The summed E-state index contributed by atoms with van der Waals surface area (Å²) < 4.78 is 108. The van der Waals surface area contributed by atoms with E-state index < -0.39 is 63.6 Å². The number of carbonyl (C=O) groups is 1. The van der Waals surface area contributed by atoms with Gasteiger partial charge in [-0.3, -0.25) is 9.78 Å². The summed E-state index contributed by atoms with van der Waals surface area (Å²) in [6.45, 7) is 0. The highest BCUT2D eigenvalue weighted by Gasteiger charge is 2.58. The molecule has 0 N–H and O–H groups in total. The number of piperidine rings is 1. The normalized spacial score (nSPS) is 23.3. The van der Waals surface area contributed by atoms with Gasteiger partial charge in [0.1, 0.15) is 17.8 Å². The molecule has 7 nitrogen and oxygen atoms in total. The molecule has 2 aromatic heterocycles. The first-order valence-electron chi connectivity index (χ1n) is 11.9. The molecule has 5 rings (SSSR count). The molecule has 2 aliphatic rings. The number of halogens is 6. The van der Waals surface area contributed by atoms with E-state index in [0.29, 0.717) is 0 Å². The average molecular weight is 571 g/mol. The fourth-order valence-electron chi connectivity index (χ4n) is 5.24. The number of carbonyl (C=O) groups excluding carboxylic acids is 1. The Bertz CT molecular complexity index is 1500. The minimum absolute atomic E-state index is 0.00106. The van der Waals surface area contributed by atoms with Crippen molar-refractivity contribution in [1.29, 1.82) is 0 Å². The molecule has 1 aliphatic carbocycles. The molecule has 2 bridgehead atoms. The Hall–Kier alpha value is -3.39. The van der Waals surface area contributed by atoms with E-state index in [2.05, 4.69) is 15.0 Å². The fraction of sp³-hybridized carbons (Fsp3) is 0.360. The molecule has 39 heavy (non-hydrogen) atoms. The van der Waals surface area contributed by atoms with Crippen LogP contribution in [-0.4, -0.2) is 51.7 Å². The van der Waals surface area contributed by atoms with Gasteiger partial charge in [0, 0.05) is 36.3 Å². The fourth-order valence-corrected chi connectivity index (χ4v) is 7.10. The van der Waals surface area contributed by atoms with Gasteiger partial charge < -0.3 is 0 Å². The maximum absolute atomic E-state index is 14.6. The van der Waals surface area contributed by atoms with Crippen molar-refractivity contribution in [2.75, 3.05) is 0 Å². The van der Waals surface area contributed by atoms with Gasteiger partial charge in [-0.15, -0.1) is 0 Å². The number of aryl methyl sites for hydroxylation is 1. The van der Waals surface area contributed by atoms with Gasteiger partial charge in [-0.05, 0) is 55.2 Å². The zero-order valence-corrected chi connectivity index (χ0v) is 20.8. The lowest BCUT2D eigenvalue weighted by Crippen LogP contribution is -2.51. The van der Waals surface area contributed by atoms with Crippen LogP contribution in [0.5, 0.6) is 0 Å². The number of ketones is 1. The van der Waals surface area contributed by atoms with Crippen LogP contribution >= 0.6 is 0 Å². The SMILES string of the molecule is O=C(CCc1cc(-c2cnc(C(F)(F)F)nc2)ncc1F)C1C2CC(CC2F)N1S(=O)(=O)c1ccc(F)cc1. The summed E-state index contributed by atoms with van der Waals surface area (Å²) >= 11 is 0. The number of benzene rings is 1. The summed E-state index contributed by atoms with van der Waals surface area (Å²) in [6.07, 6.45) is -3.94. The van der Waals surface area contributed by atoms with Gasteiger partial charge >= 0.3 is 6.18 Å². The standard InChI is InChI=1S/C25H20F6N4O3S/c26-15-2-4-17(5-3-15)39(37,38)35-16-8-18(19(27)9-16)23(35)22(36)6-1-13-7-21(32-12-20(13)28)14-10-33-24(34-11-14)25(29,30)31/h2-5,7,10-12,16,18-19,23H,1,6,8-9H2. The molecule has 4 atom stereocenters. The maximum Gasteiger partial charge on any atom is 0.451 e. The lowest BCUT2D eigenvalue weighted by Gasteiger charge is -2.34. The molecule has 0 spiro atoms. The number of hydrogen-bond acceptors (Lipinski definition) is 6. The van der Waals surface area contributed by atoms with Crippen molar-refractivity contribution >= 4 is 15.8 Å². The van der Waals surface area contributed by atoms with E-state index in [4.69, 9.17) is 0 Å². The van der Waals surface area contributed by atoms with Gasteiger partial charge in [0.05, 0.1) is 22.8 Å². The Kier molecular flexibility index (Phi) is 6.95. The summed E-state index contributed by atoms with van der Waals surface area (Å²) in [5, 5.41) is 0. The Morgan fingerprint density at radius 3 is 2.31 bits per heavy atom. The quantitative estimate of drug-likeness (QED) is 0.388. The number of Topliss-reactive ketones (excluding diaryl/α,β-unsaturated/α-hetero) is 1. The third kappa shape index (κ3) is 5.14. The molecule has 206 valence electrons. The van der Waals surface area contributed by atoms with Gasteiger partial charge in [0.15, 0.2) is 5.78 Å².